The largest absolute Gasteiger partial charge is 0.396 e. The summed E-state index contributed by atoms with van der Waals surface area (Å²) >= 11 is 0. The first-order valence-corrected chi connectivity index (χ1v) is 17.4. The SMILES string of the molecule is C[C@H]1[C@H]([Si](C)(C)F)[C@@H](CCn2cc(CCO)nn2)O[C@H]1CCc1cccc(NC(=O)Cc2c[nH]c3ccccc23)c1. The topological polar surface area (TPSA) is 105 Å². The van der Waals surface area contributed by atoms with Gasteiger partial charge in [0, 0.05) is 54.1 Å². The van der Waals surface area contributed by atoms with Crippen molar-refractivity contribution >= 4 is 30.9 Å². The van der Waals surface area contributed by atoms with Gasteiger partial charge in [0.2, 0.25) is 14.3 Å². The van der Waals surface area contributed by atoms with E-state index < -0.39 is 8.41 Å². The summed E-state index contributed by atoms with van der Waals surface area (Å²) in [7, 11) is -2.97. The van der Waals surface area contributed by atoms with Crippen LogP contribution in [0.2, 0.25) is 18.6 Å². The maximum Gasteiger partial charge on any atom is 0.246 e. The lowest BCUT2D eigenvalue weighted by Gasteiger charge is -2.28. The predicted octanol–water partition coefficient (Wildman–Crippen LogP) is 5.45. The fourth-order valence-electron chi connectivity index (χ4n) is 6.35. The quantitative estimate of drug-likeness (QED) is 0.154. The normalized spacial score (nSPS) is 21.0. The molecule has 1 aliphatic rings. The highest BCUT2D eigenvalue weighted by atomic mass is 28.4. The zero-order valence-electron chi connectivity index (χ0n) is 24.0. The van der Waals surface area contributed by atoms with Crippen molar-refractivity contribution in [1.82, 2.24) is 20.0 Å². The van der Waals surface area contributed by atoms with Gasteiger partial charge >= 0.3 is 0 Å². The first-order valence-electron chi connectivity index (χ1n) is 14.5. The monoisotopic (exact) mass is 577 g/mol. The van der Waals surface area contributed by atoms with Crippen LogP contribution in [-0.2, 0) is 35.3 Å². The Kier molecular flexibility index (Phi) is 9.01. The maximum absolute atomic E-state index is 15.5. The van der Waals surface area contributed by atoms with Gasteiger partial charge in [0.1, 0.15) is 0 Å². The number of carbonyl (C=O) groups excluding carboxylic acids is 1. The van der Waals surface area contributed by atoms with Gasteiger partial charge < -0.3 is 24.3 Å². The van der Waals surface area contributed by atoms with Crippen LogP contribution in [-0.4, -0.2) is 58.2 Å². The minimum Gasteiger partial charge on any atom is -0.396 e. The number of H-pyrrole nitrogens is 1. The van der Waals surface area contributed by atoms with Crippen molar-refractivity contribution in [2.45, 2.75) is 76.4 Å². The predicted molar refractivity (Wildman–Crippen MR) is 161 cm³/mol. The van der Waals surface area contributed by atoms with E-state index in [-0.39, 0.29) is 36.2 Å². The molecule has 1 amide bonds. The van der Waals surface area contributed by atoms with Gasteiger partial charge in [0.05, 0.1) is 24.3 Å². The molecule has 0 radical (unpaired) electrons. The summed E-state index contributed by atoms with van der Waals surface area (Å²) in [4.78, 5) is 16.0. The summed E-state index contributed by atoms with van der Waals surface area (Å²) in [5.74, 6) is 0.0581. The maximum atomic E-state index is 15.5. The van der Waals surface area contributed by atoms with Crippen molar-refractivity contribution in [3.8, 4) is 0 Å². The Labute approximate surface area is 241 Å². The molecule has 0 spiro atoms. The smallest absolute Gasteiger partial charge is 0.246 e. The summed E-state index contributed by atoms with van der Waals surface area (Å²) in [5.41, 5.74) is 4.53. The van der Waals surface area contributed by atoms with E-state index in [1.165, 1.54) is 0 Å². The lowest BCUT2D eigenvalue weighted by Crippen LogP contribution is -2.36. The van der Waals surface area contributed by atoms with Gasteiger partial charge in [-0.2, -0.15) is 0 Å². The second-order valence-corrected chi connectivity index (χ2v) is 15.5. The summed E-state index contributed by atoms with van der Waals surface area (Å²) < 4.78 is 23.8. The lowest BCUT2D eigenvalue weighted by molar-refractivity contribution is -0.115. The molecular weight excluding hydrogens is 537 g/mol. The molecular formula is C31H40FN5O3Si. The molecule has 2 aromatic heterocycles. The third kappa shape index (κ3) is 7.12. The molecule has 4 aromatic rings. The first kappa shape index (κ1) is 29.2. The number of amides is 1. The second kappa shape index (κ2) is 12.7. The highest BCUT2D eigenvalue weighted by Crippen LogP contribution is 2.47. The number of aliphatic hydroxyl groups excluding tert-OH is 1. The number of fused-ring (bicyclic) bond motifs is 1. The average Bonchev–Trinajstić information content (AvgIpc) is 3.64. The van der Waals surface area contributed by atoms with Crippen LogP contribution in [0.25, 0.3) is 10.9 Å². The van der Waals surface area contributed by atoms with Crippen LogP contribution in [0.3, 0.4) is 0 Å². The number of para-hydroxylation sites is 1. The van der Waals surface area contributed by atoms with Gasteiger partial charge in [0.15, 0.2) is 0 Å². The van der Waals surface area contributed by atoms with E-state index in [2.05, 4.69) is 33.6 Å². The fraction of sp³-hybridized carbons (Fsp3) is 0.452. The molecule has 0 aliphatic carbocycles. The van der Waals surface area contributed by atoms with Gasteiger partial charge in [-0.25, -0.2) is 0 Å². The number of anilines is 1. The lowest BCUT2D eigenvalue weighted by atomic mass is 9.95. The molecule has 8 nitrogen and oxygen atoms in total. The average molecular weight is 578 g/mol. The zero-order chi connectivity index (χ0) is 29.0. The number of carbonyl (C=O) groups is 1. The molecule has 2 aromatic carbocycles. The van der Waals surface area contributed by atoms with Gasteiger partial charge in [-0.1, -0.05) is 42.5 Å². The summed E-state index contributed by atoms with van der Waals surface area (Å²) in [6.45, 7) is 6.32. The molecule has 1 aliphatic heterocycles. The van der Waals surface area contributed by atoms with Crippen molar-refractivity contribution in [2.24, 2.45) is 5.92 Å². The van der Waals surface area contributed by atoms with Crippen molar-refractivity contribution in [3.05, 3.63) is 77.7 Å². The molecule has 0 saturated carbocycles. The Morgan fingerprint density at radius 1 is 1.15 bits per heavy atom. The van der Waals surface area contributed by atoms with E-state index >= 15 is 4.11 Å². The first-order chi connectivity index (χ1) is 19.7. The minimum atomic E-state index is -2.97. The second-order valence-electron chi connectivity index (χ2n) is 11.7. The molecule has 1 fully saturated rings. The number of nitrogens with zero attached hydrogens (tertiary/aromatic N) is 3. The Morgan fingerprint density at radius 3 is 2.78 bits per heavy atom. The highest BCUT2D eigenvalue weighted by molar-refractivity contribution is 6.72. The van der Waals surface area contributed by atoms with Crippen LogP contribution in [0.4, 0.5) is 9.80 Å². The van der Waals surface area contributed by atoms with Gasteiger partial charge in [0.25, 0.3) is 0 Å². The van der Waals surface area contributed by atoms with Gasteiger partial charge in [-0.15, -0.1) is 5.10 Å². The van der Waals surface area contributed by atoms with Crippen LogP contribution in [0.1, 0.15) is 36.6 Å². The van der Waals surface area contributed by atoms with E-state index in [4.69, 9.17) is 9.84 Å². The van der Waals surface area contributed by atoms with E-state index in [0.717, 1.165) is 46.3 Å². The molecule has 0 bridgehead atoms. The number of rotatable bonds is 12. The Bertz CT molecular complexity index is 1470. The molecule has 0 unspecified atom stereocenters. The third-order valence-corrected chi connectivity index (χ3v) is 10.7. The van der Waals surface area contributed by atoms with Gasteiger partial charge in [-0.05, 0) is 67.6 Å². The molecule has 5 rings (SSSR count). The molecule has 4 atom stereocenters. The fourth-order valence-corrected chi connectivity index (χ4v) is 8.95. The standard InChI is InChI=1S/C31H40FN5O3Si/c1-21-28(40-29(31(21)41(2,3)32)13-15-37-20-25(14-16-38)35-36-37)12-11-22-7-6-8-24(17-22)34-30(39)18-23-19-33-27-10-5-4-9-26(23)27/h4-10,17,19-21,28-29,31,33,38H,11-16,18H2,1-3H3,(H,34,39)/t21-,28+,29-,31+/m1/s1. The van der Waals surface area contributed by atoms with E-state index in [1.54, 1.807) is 17.8 Å². The number of benzene rings is 2. The number of hydrogen-bond acceptors (Lipinski definition) is 5. The van der Waals surface area contributed by atoms with Gasteiger partial charge in [-0.3, -0.25) is 9.48 Å². The van der Waals surface area contributed by atoms with Crippen LogP contribution < -0.4 is 5.32 Å². The van der Waals surface area contributed by atoms with Crippen molar-refractivity contribution in [1.29, 1.82) is 0 Å². The Morgan fingerprint density at radius 2 is 1.98 bits per heavy atom. The van der Waals surface area contributed by atoms with E-state index in [1.807, 2.05) is 54.9 Å². The number of aromatic nitrogens is 4. The molecule has 3 N–H and O–H groups in total. The Balaban J connectivity index is 1.17. The van der Waals surface area contributed by atoms with Crippen molar-refractivity contribution < 1.29 is 18.7 Å². The zero-order valence-corrected chi connectivity index (χ0v) is 25.0. The number of nitrogens with one attached hydrogen (secondary N) is 2. The molecule has 218 valence electrons. The minimum absolute atomic E-state index is 0.0339. The van der Waals surface area contributed by atoms with E-state index in [0.29, 0.717) is 25.8 Å². The van der Waals surface area contributed by atoms with E-state index in [9.17, 15) is 4.79 Å². The molecule has 41 heavy (non-hydrogen) atoms. The van der Waals surface area contributed by atoms with Crippen LogP contribution in [0, 0.1) is 5.92 Å². The number of hydrogen-bond donors (Lipinski definition) is 3. The van der Waals surface area contributed by atoms with Crippen molar-refractivity contribution in [2.75, 3.05) is 11.9 Å². The number of halogens is 1. The number of aliphatic hydroxyl groups is 1. The number of aryl methyl sites for hydroxylation is 2. The Hall–Kier alpha value is -3.34. The highest BCUT2D eigenvalue weighted by Gasteiger charge is 2.50. The summed E-state index contributed by atoms with van der Waals surface area (Å²) in [5, 5.41) is 21.5. The number of ether oxygens (including phenoxy) is 1. The summed E-state index contributed by atoms with van der Waals surface area (Å²) in [6.07, 6.45) is 6.54. The number of aromatic amines is 1. The summed E-state index contributed by atoms with van der Waals surface area (Å²) in [6, 6.07) is 15.9. The molecule has 3 heterocycles. The third-order valence-electron chi connectivity index (χ3n) is 8.25. The molecule has 1 saturated heterocycles. The molecule has 10 heteroatoms. The van der Waals surface area contributed by atoms with Crippen molar-refractivity contribution in [3.63, 3.8) is 0 Å². The van der Waals surface area contributed by atoms with Crippen LogP contribution in [0.5, 0.6) is 0 Å². The van der Waals surface area contributed by atoms with Crippen LogP contribution >= 0.6 is 0 Å². The van der Waals surface area contributed by atoms with Crippen LogP contribution in [0.15, 0.2) is 60.9 Å².